The van der Waals surface area contributed by atoms with Crippen LogP contribution in [0.2, 0.25) is 0 Å². The van der Waals surface area contributed by atoms with Gasteiger partial charge in [0.1, 0.15) is 11.8 Å². The number of alkyl halides is 2. The number of carbonyl (C=O) groups is 1. The van der Waals surface area contributed by atoms with E-state index >= 15 is 0 Å². The number of carboxylic acid groups (broad SMARTS) is 1. The van der Waals surface area contributed by atoms with E-state index in [0.29, 0.717) is 0 Å². The van der Waals surface area contributed by atoms with Gasteiger partial charge in [-0.1, -0.05) is 12.1 Å². The fourth-order valence-electron chi connectivity index (χ4n) is 1.03. The van der Waals surface area contributed by atoms with Crippen LogP contribution >= 0.6 is 0 Å². The molecule has 0 bridgehead atoms. The number of ether oxygens (including phenoxy) is 1. The number of hydrogen-bond acceptors (Lipinski definition) is 3. The Morgan fingerprint density at radius 1 is 1.47 bits per heavy atom. The zero-order valence-electron chi connectivity index (χ0n) is 7.56. The summed E-state index contributed by atoms with van der Waals surface area (Å²) in [6.45, 7) is -2.94. The van der Waals surface area contributed by atoms with Crippen molar-refractivity contribution in [2.24, 2.45) is 5.73 Å². The Labute approximate surface area is 84.3 Å². The minimum Gasteiger partial charge on any atom is -0.480 e. The van der Waals surface area contributed by atoms with Crippen LogP contribution in [0.25, 0.3) is 0 Å². The average molecular weight is 217 g/mol. The van der Waals surface area contributed by atoms with E-state index in [1.807, 2.05) is 0 Å². The van der Waals surface area contributed by atoms with Crippen molar-refractivity contribution in [3.63, 3.8) is 0 Å². The van der Waals surface area contributed by atoms with E-state index in [-0.39, 0.29) is 11.3 Å². The fraction of sp³-hybridized carbons (Fsp3) is 0.222. The van der Waals surface area contributed by atoms with Gasteiger partial charge in [0, 0.05) is 0 Å². The van der Waals surface area contributed by atoms with Crippen molar-refractivity contribution >= 4 is 5.97 Å². The van der Waals surface area contributed by atoms with Crippen molar-refractivity contribution in [3.8, 4) is 5.75 Å². The fourth-order valence-corrected chi connectivity index (χ4v) is 1.03. The lowest BCUT2D eigenvalue weighted by Gasteiger charge is -2.09. The van der Waals surface area contributed by atoms with Gasteiger partial charge in [-0.25, -0.2) is 0 Å². The lowest BCUT2D eigenvalue weighted by atomic mass is 10.1. The standard InChI is InChI=1S/C9H9F2NO3/c10-9(11)15-6-3-1-2-5(4-6)7(12)8(13)14/h1-4,7,9H,12H2,(H,13,14)/t7-/m0/s1. The molecule has 1 aromatic carbocycles. The molecule has 0 amide bonds. The van der Waals surface area contributed by atoms with Crippen molar-refractivity contribution in [2.75, 3.05) is 0 Å². The molecule has 0 fully saturated rings. The second kappa shape index (κ2) is 4.70. The number of rotatable bonds is 4. The monoisotopic (exact) mass is 217 g/mol. The number of hydrogen-bond donors (Lipinski definition) is 2. The average Bonchev–Trinajstić information content (AvgIpc) is 2.16. The molecule has 0 heterocycles. The van der Waals surface area contributed by atoms with Crippen LogP contribution in [0.4, 0.5) is 8.78 Å². The summed E-state index contributed by atoms with van der Waals surface area (Å²) >= 11 is 0. The van der Waals surface area contributed by atoms with Crippen LogP contribution in [0.5, 0.6) is 5.75 Å². The summed E-state index contributed by atoms with van der Waals surface area (Å²) < 4.78 is 27.8. The predicted molar refractivity (Wildman–Crippen MR) is 47.6 cm³/mol. The van der Waals surface area contributed by atoms with Crippen molar-refractivity contribution in [1.29, 1.82) is 0 Å². The van der Waals surface area contributed by atoms with Crippen molar-refractivity contribution < 1.29 is 23.4 Å². The Balaban J connectivity index is 2.87. The van der Waals surface area contributed by atoms with Crippen molar-refractivity contribution in [1.82, 2.24) is 0 Å². The summed E-state index contributed by atoms with van der Waals surface area (Å²) in [5.74, 6) is -1.34. The molecule has 0 saturated carbocycles. The SMILES string of the molecule is N[C@H](C(=O)O)c1cccc(OC(F)F)c1. The van der Waals surface area contributed by atoms with E-state index in [4.69, 9.17) is 10.8 Å². The van der Waals surface area contributed by atoms with Gasteiger partial charge in [-0.05, 0) is 17.7 Å². The van der Waals surface area contributed by atoms with Gasteiger partial charge in [-0.2, -0.15) is 8.78 Å². The van der Waals surface area contributed by atoms with Crippen LogP contribution in [0, 0.1) is 0 Å². The van der Waals surface area contributed by atoms with Gasteiger partial charge in [0.15, 0.2) is 0 Å². The molecule has 0 aliphatic heterocycles. The highest BCUT2D eigenvalue weighted by Gasteiger charge is 2.15. The molecule has 0 aromatic heterocycles. The summed E-state index contributed by atoms with van der Waals surface area (Å²) in [6, 6.07) is 4.05. The summed E-state index contributed by atoms with van der Waals surface area (Å²) in [5.41, 5.74) is 5.50. The Morgan fingerprint density at radius 3 is 2.67 bits per heavy atom. The minimum atomic E-state index is -2.94. The first kappa shape index (κ1) is 11.4. The number of carboxylic acids is 1. The molecule has 0 saturated heterocycles. The summed E-state index contributed by atoms with van der Waals surface area (Å²) in [5, 5.41) is 8.59. The second-order valence-electron chi connectivity index (χ2n) is 2.77. The first-order chi connectivity index (χ1) is 7.00. The Bertz CT molecular complexity index is 357. The topological polar surface area (TPSA) is 72.6 Å². The molecular formula is C9H9F2NO3. The summed E-state index contributed by atoms with van der Waals surface area (Å²) in [7, 11) is 0. The third kappa shape index (κ3) is 3.17. The van der Waals surface area contributed by atoms with E-state index in [0.717, 1.165) is 0 Å². The molecule has 6 heteroatoms. The van der Waals surface area contributed by atoms with Crippen molar-refractivity contribution in [2.45, 2.75) is 12.7 Å². The van der Waals surface area contributed by atoms with Gasteiger partial charge < -0.3 is 15.6 Å². The molecule has 1 atom stereocenters. The molecule has 0 radical (unpaired) electrons. The number of benzene rings is 1. The maximum absolute atomic E-state index is 11.8. The molecule has 82 valence electrons. The van der Waals surface area contributed by atoms with Gasteiger partial charge in [0.05, 0.1) is 0 Å². The van der Waals surface area contributed by atoms with Gasteiger partial charge in [0.25, 0.3) is 0 Å². The largest absolute Gasteiger partial charge is 0.480 e. The van der Waals surface area contributed by atoms with Gasteiger partial charge in [-0.15, -0.1) is 0 Å². The number of halogens is 2. The Hall–Kier alpha value is -1.69. The van der Waals surface area contributed by atoms with Crippen LogP contribution in [0.1, 0.15) is 11.6 Å². The molecule has 0 aliphatic rings. The highest BCUT2D eigenvalue weighted by atomic mass is 19.3. The van der Waals surface area contributed by atoms with Crippen molar-refractivity contribution in [3.05, 3.63) is 29.8 Å². The molecule has 3 N–H and O–H groups in total. The lowest BCUT2D eigenvalue weighted by molar-refractivity contribution is -0.138. The maximum atomic E-state index is 11.8. The molecule has 1 rings (SSSR count). The van der Waals surface area contributed by atoms with Crippen LogP contribution in [0.3, 0.4) is 0 Å². The first-order valence-corrected chi connectivity index (χ1v) is 4.04. The Kier molecular flexibility index (Phi) is 3.56. The summed E-state index contributed by atoms with van der Waals surface area (Å²) in [6.07, 6.45) is 0. The van der Waals surface area contributed by atoms with E-state index in [1.165, 1.54) is 24.3 Å². The van der Waals surface area contributed by atoms with Crippen LogP contribution in [-0.2, 0) is 4.79 Å². The zero-order chi connectivity index (χ0) is 11.4. The van der Waals surface area contributed by atoms with Gasteiger partial charge >= 0.3 is 12.6 Å². The van der Waals surface area contributed by atoms with E-state index in [2.05, 4.69) is 4.74 Å². The normalized spacial score (nSPS) is 12.5. The van der Waals surface area contributed by atoms with Crippen LogP contribution < -0.4 is 10.5 Å². The lowest BCUT2D eigenvalue weighted by Crippen LogP contribution is -2.20. The first-order valence-electron chi connectivity index (χ1n) is 4.04. The van der Waals surface area contributed by atoms with Gasteiger partial charge in [-0.3, -0.25) is 4.79 Å². The molecule has 15 heavy (non-hydrogen) atoms. The molecule has 0 spiro atoms. The van der Waals surface area contributed by atoms with E-state index in [1.54, 1.807) is 0 Å². The maximum Gasteiger partial charge on any atom is 0.387 e. The quantitative estimate of drug-likeness (QED) is 0.798. The molecule has 0 aliphatic carbocycles. The molecule has 0 unspecified atom stereocenters. The van der Waals surface area contributed by atoms with E-state index < -0.39 is 18.6 Å². The predicted octanol–water partition coefficient (Wildman–Crippen LogP) is 1.37. The number of nitrogens with two attached hydrogens (primary N) is 1. The molecular weight excluding hydrogens is 208 g/mol. The van der Waals surface area contributed by atoms with E-state index in [9.17, 15) is 13.6 Å². The molecule has 4 nitrogen and oxygen atoms in total. The Morgan fingerprint density at radius 2 is 2.13 bits per heavy atom. The highest BCUT2D eigenvalue weighted by molar-refractivity contribution is 5.75. The smallest absolute Gasteiger partial charge is 0.387 e. The molecule has 1 aromatic rings. The summed E-state index contributed by atoms with van der Waals surface area (Å²) in [4.78, 5) is 10.5. The third-order valence-corrected chi connectivity index (χ3v) is 1.71. The highest BCUT2D eigenvalue weighted by Crippen LogP contribution is 2.19. The second-order valence-corrected chi connectivity index (χ2v) is 2.77. The van der Waals surface area contributed by atoms with Crippen LogP contribution in [0.15, 0.2) is 24.3 Å². The van der Waals surface area contributed by atoms with Gasteiger partial charge in [0.2, 0.25) is 0 Å². The third-order valence-electron chi connectivity index (χ3n) is 1.71. The zero-order valence-corrected chi connectivity index (χ0v) is 7.56. The minimum absolute atomic E-state index is 0.112. The van der Waals surface area contributed by atoms with Crippen LogP contribution in [-0.4, -0.2) is 17.7 Å². The number of aliphatic carboxylic acids is 1.